The van der Waals surface area contributed by atoms with E-state index in [9.17, 15) is 4.79 Å². The third-order valence-electron chi connectivity index (χ3n) is 4.54. The van der Waals surface area contributed by atoms with Gasteiger partial charge in [-0.15, -0.1) is 0 Å². The molecule has 6 nitrogen and oxygen atoms in total. The van der Waals surface area contributed by atoms with E-state index in [1.54, 1.807) is 10.9 Å². The maximum atomic E-state index is 12.5. The number of fused-ring (bicyclic) bond motifs is 1. The summed E-state index contributed by atoms with van der Waals surface area (Å²) < 4.78 is 1.73. The summed E-state index contributed by atoms with van der Waals surface area (Å²) in [6, 6.07) is 10.3. The molecule has 2 aromatic heterocycles. The molecule has 3 aromatic rings. The number of anilines is 1. The molecule has 0 bridgehead atoms. The molecule has 0 saturated heterocycles. The summed E-state index contributed by atoms with van der Waals surface area (Å²) in [5, 5.41) is 8.25. The number of hydrogen-bond donors (Lipinski definition) is 1. The molecule has 2 heterocycles. The summed E-state index contributed by atoms with van der Waals surface area (Å²) in [6.45, 7) is 8.35. The van der Waals surface area contributed by atoms with E-state index in [0.29, 0.717) is 12.1 Å². The predicted molar refractivity (Wildman–Crippen MR) is 105 cm³/mol. The minimum absolute atomic E-state index is 0.108. The second kappa shape index (κ2) is 7.56. The van der Waals surface area contributed by atoms with Gasteiger partial charge in [-0.05, 0) is 44.5 Å². The summed E-state index contributed by atoms with van der Waals surface area (Å²) in [5.41, 5.74) is 4.64. The van der Waals surface area contributed by atoms with Crippen molar-refractivity contribution < 1.29 is 4.79 Å². The molecule has 0 aliphatic carbocycles. The Kier molecular flexibility index (Phi) is 5.21. The lowest BCUT2D eigenvalue weighted by molar-refractivity contribution is 0.0954. The van der Waals surface area contributed by atoms with Crippen LogP contribution in [0, 0.1) is 13.8 Å². The lowest BCUT2D eigenvalue weighted by Crippen LogP contribution is -2.35. The highest BCUT2D eigenvalue weighted by molar-refractivity contribution is 5.97. The number of rotatable bonds is 6. The lowest BCUT2D eigenvalue weighted by atomic mass is 10.2. The highest BCUT2D eigenvalue weighted by atomic mass is 16.1. The zero-order valence-corrected chi connectivity index (χ0v) is 15.8. The number of carbonyl (C=O) groups excluding carboxylic acids is 1. The Hall–Kier alpha value is -2.89. The number of amides is 1. The molecule has 0 radical (unpaired) electrons. The molecule has 136 valence electrons. The lowest BCUT2D eigenvalue weighted by Gasteiger charge is -2.23. The Labute approximate surface area is 153 Å². The van der Waals surface area contributed by atoms with Crippen LogP contribution in [0.3, 0.4) is 0 Å². The minimum Gasteiger partial charge on any atom is -0.370 e. The van der Waals surface area contributed by atoms with Crippen LogP contribution in [0.25, 0.3) is 11.0 Å². The molecule has 26 heavy (non-hydrogen) atoms. The van der Waals surface area contributed by atoms with E-state index in [1.807, 2.05) is 20.0 Å². The van der Waals surface area contributed by atoms with Crippen molar-refractivity contribution in [2.45, 2.75) is 20.8 Å². The zero-order chi connectivity index (χ0) is 18.7. The van der Waals surface area contributed by atoms with Crippen molar-refractivity contribution in [2.75, 3.05) is 24.5 Å². The quantitative estimate of drug-likeness (QED) is 0.742. The van der Waals surface area contributed by atoms with Crippen molar-refractivity contribution in [3.63, 3.8) is 0 Å². The van der Waals surface area contributed by atoms with Gasteiger partial charge in [-0.2, -0.15) is 5.10 Å². The SMILES string of the molecule is CCN(CCNC(=O)c1cnc2c(c1)c(C)nn2C)c1cccc(C)c1. The first-order chi connectivity index (χ1) is 12.5. The van der Waals surface area contributed by atoms with Gasteiger partial charge in [0.05, 0.1) is 11.3 Å². The van der Waals surface area contributed by atoms with E-state index in [0.717, 1.165) is 29.8 Å². The Balaban J connectivity index is 1.64. The van der Waals surface area contributed by atoms with E-state index in [4.69, 9.17) is 0 Å². The smallest absolute Gasteiger partial charge is 0.252 e. The fourth-order valence-corrected chi connectivity index (χ4v) is 3.13. The van der Waals surface area contributed by atoms with Gasteiger partial charge >= 0.3 is 0 Å². The molecule has 6 heteroatoms. The molecule has 1 aromatic carbocycles. The van der Waals surface area contributed by atoms with E-state index >= 15 is 0 Å². The first-order valence-electron chi connectivity index (χ1n) is 8.88. The Morgan fingerprint density at radius 3 is 2.81 bits per heavy atom. The van der Waals surface area contributed by atoms with E-state index < -0.39 is 0 Å². The van der Waals surface area contributed by atoms with Crippen LogP contribution >= 0.6 is 0 Å². The summed E-state index contributed by atoms with van der Waals surface area (Å²) >= 11 is 0. The average molecular weight is 351 g/mol. The average Bonchev–Trinajstić information content (AvgIpc) is 2.92. The van der Waals surface area contributed by atoms with Gasteiger partial charge in [0.15, 0.2) is 5.65 Å². The van der Waals surface area contributed by atoms with Gasteiger partial charge in [-0.3, -0.25) is 9.48 Å². The van der Waals surface area contributed by atoms with Crippen LogP contribution in [0.4, 0.5) is 5.69 Å². The fourth-order valence-electron chi connectivity index (χ4n) is 3.13. The topological polar surface area (TPSA) is 63.1 Å². The van der Waals surface area contributed by atoms with Crippen LogP contribution < -0.4 is 10.2 Å². The number of hydrogen-bond acceptors (Lipinski definition) is 4. The number of nitrogens with zero attached hydrogens (tertiary/aromatic N) is 4. The van der Waals surface area contributed by atoms with Crippen molar-refractivity contribution in [2.24, 2.45) is 7.05 Å². The van der Waals surface area contributed by atoms with Crippen LogP contribution in [-0.4, -0.2) is 40.3 Å². The van der Waals surface area contributed by atoms with Gasteiger partial charge in [-0.25, -0.2) is 4.98 Å². The third kappa shape index (κ3) is 3.69. The highest BCUT2D eigenvalue weighted by Gasteiger charge is 2.12. The first-order valence-corrected chi connectivity index (χ1v) is 8.88. The molecule has 0 aliphatic rings. The van der Waals surface area contributed by atoms with Crippen LogP contribution in [0.2, 0.25) is 0 Å². The Morgan fingerprint density at radius 2 is 2.08 bits per heavy atom. The molecule has 1 N–H and O–H groups in total. The van der Waals surface area contributed by atoms with Gasteiger partial charge in [0.25, 0.3) is 5.91 Å². The molecule has 0 fully saturated rings. The molecule has 3 rings (SSSR count). The highest BCUT2D eigenvalue weighted by Crippen LogP contribution is 2.17. The first kappa shape index (κ1) is 17.9. The van der Waals surface area contributed by atoms with E-state index in [-0.39, 0.29) is 5.91 Å². The molecular formula is C20H25N5O. The summed E-state index contributed by atoms with van der Waals surface area (Å²) in [5.74, 6) is -0.108. The number of carbonyl (C=O) groups is 1. The van der Waals surface area contributed by atoms with Crippen LogP contribution in [-0.2, 0) is 7.05 Å². The van der Waals surface area contributed by atoms with Gasteiger partial charge in [0, 0.05) is 44.0 Å². The molecule has 0 spiro atoms. The van der Waals surface area contributed by atoms with Gasteiger partial charge < -0.3 is 10.2 Å². The normalized spacial score (nSPS) is 10.9. The van der Waals surface area contributed by atoms with Crippen LogP contribution in [0.1, 0.15) is 28.5 Å². The van der Waals surface area contributed by atoms with Crippen molar-refractivity contribution in [1.82, 2.24) is 20.1 Å². The second-order valence-corrected chi connectivity index (χ2v) is 6.48. The van der Waals surface area contributed by atoms with E-state index in [1.165, 1.54) is 11.3 Å². The van der Waals surface area contributed by atoms with Crippen LogP contribution in [0.5, 0.6) is 0 Å². The summed E-state index contributed by atoms with van der Waals surface area (Å²) in [4.78, 5) is 19.1. The maximum absolute atomic E-state index is 12.5. The number of pyridine rings is 1. The Morgan fingerprint density at radius 1 is 1.27 bits per heavy atom. The van der Waals surface area contributed by atoms with Crippen LogP contribution in [0.15, 0.2) is 36.5 Å². The number of aromatic nitrogens is 3. The molecule has 0 aliphatic heterocycles. The van der Waals surface area contributed by atoms with E-state index in [2.05, 4.69) is 58.4 Å². The number of aryl methyl sites for hydroxylation is 3. The molecule has 0 atom stereocenters. The Bertz CT molecular complexity index is 931. The van der Waals surface area contributed by atoms with Crippen molar-refractivity contribution in [3.05, 3.63) is 53.3 Å². The monoisotopic (exact) mass is 351 g/mol. The summed E-state index contributed by atoms with van der Waals surface area (Å²) in [6.07, 6.45) is 1.61. The van der Waals surface area contributed by atoms with Crippen molar-refractivity contribution in [1.29, 1.82) is 0 Å². The minimum atomic E-state index is -0.108. The largest absolute Gasteiger partial charge is 0.370 e. The molecule has 1 amide bonds. The zero-order valence-electron chi connectivity index (χ0n) is 15.8. The second-order valence-electron chi connectivity index (χ2n) is 6.48. The van der Waals surface area contributed by atoms with Crippen molar-refractivity contribution >= 4 is 22.6 Å². The molecular weight excluding hydrogens is 326 g/mol. The van der Waals surface area contributed by atoms with Crippen molar-refractivity contribution in [3.8, 4) is 0 Å². The molecule has 0 unspecified atom stereocenters. The van der Waals surface area contributed by atoms with Gasteiger partial charge in [0.2, 0.25) is 0 Å². The van der Waals surface area contributed by atoms with Gasteiger partial charge in [0.1, 0.15) is 0 Å². The predicted octanol–water partition coefficient (Wildman–Crippen LogP) is 2.84. The maximum Gasteiger partial charge on any atom is 0.252 e. The molecule has 0 saturated carbocycles. The summed E-state index contributed by atoms with van der Waals surface area (Å²) in [7, 11) is 1.85. The third-order valence-corrected chi connectivity index (χ3v) is 4.54. The standard InChI is InChI=1S/C20H25N5O/c1-5-25(17-8-6-7-14(2)11-17)10-9-21-20(26)16-12-18-15(3)23-24(4)19(18)22-13-16/h6-8,11-13H,5,9-10H2,1-4H3,(H,21,26). The fraction of sp³-hybridized carbons (Fsp3) is 0.350. The number of likely N-dealkylation sites (N-methyl/N-ethyl adjacent to an activating group) is 1. The number of nitrogens with one attached hydrogen (secondary N) is 1. The van der Waals surface area contributed by atoms with Gasteiger partial charge in [-0.1, -0.05) is 12.1 Å². The number of benzene rings is 1.